The van der Waals surface area contributed by atoms with Gasteiger partial charge in [0.15, 0.2) is 5.84 Å². The van der Waals surface area contributed by atoms with Crippen LogP contribution in [0.1, 0.15) is 11.1 Å². The number of nitrogens with one attached hydrogen (secondary N) is 1. The van der Waals surface area contributed by atoms with Crippen LogP contribution in [0, 0.1) is 0 Å². The van der Waals surface area contributed by atoms with E-state index >= 15 is 0 Å². The smallest absolute Gasteiger partial charge is 0.382 e. The summed E-state index contributed by atoms with van der Waals surface area (Å²) in [6.07, 6.45) is -1.25. The van der Waals surface area contributed by atoms with Crippen LogP contribution < -0.4 is 22.0 Å². The Kier molecular flexibility index (Phi) is 5.46. The number of nitrogens with two attached hydrogens (primary N) is 2. The lowest BCUT2D eigenvalue weighted by Crippen LogP contribution is -2.29. The molecule has 28 heavy (non-hydrogen) atoms. The van der Waals surface area contributed by atoms with Gasteiger partial charge < -0.3 is 11.1 Å². The standard InChI is InChI=1S/C19H17F3N6/c20-19(21,22)13-7-9-14(10-8-13)26-17-6-2-1-5-16(17)18(23)27-28(24)15-4-3-11-25-12-15/h1-12,26H,24H2,(H2,23,27). The van der Waals surface area contributed by atoms with Crippen molar-refractivity contribution in [2.75, 3.05) is 10.4 Å². The summed E-state index contributed by atoms with van der Waals surface area (Å²) >= 11 is 0. The molecule has 5 N–H and O–H groups in total. The number of pyridine rings is 1. The first-order valence-corrected chi connectivity index (χ1v) is 8.17. The second kappa shape index (κ2) is 7.97. The lowest BCUT2D eigenvalue weighted by molar-refractivity contribution is -0.137. The third-order valence-corrected chi connectivity index (χ3v) is 3.82. The highest BCUT2D eigenvalue weighted by molar-refractivity contribution is 6.03. The quantitative estimate of drug-likeness (QED) is 0.268. The average Bonchev–Trinajstić information content (AvgIpc) is 2.68. The first-order valence-electron chi connectivity index (χ1n) is 8.17. The third-order valence-electron chi connectivity index (χ3n) is 3.82. The zero-order valence-corrected chi connectivity index (χ0v) is 14.6. The normalized spacial score (nSPS) is 11.9. The lowest BCUT2D eigenvalue weighted by atomic mass is 10.1. The second-order valence-electron chi connectivity index (χ2n) is 5.79. The predicted octanol–water partition coefficient (Wildman–Crippen LogP) is 3.84. The minimum absolute atomic E-state index is 0.126. The average molecular weight is 386 g/mol. The van der Waals surface area contributed by atoms with Gasteiger partial charge >= 0.3 is 6.18 Å². The number of nitrogens with zero attached hydrogens (tertiary/aromatic N) is 3. The lowest BCUT2D eigenvalue weighted by Gasteiger charge is -2.16. The van der Waals surface area contributed by atoms with E-state index < -0.39 is 11.7 Å². The van der Waals surface area contributed by atoms with Gasteiger partial charge in [0, 0.05) is 23.1 Å². The number of aromatic nitrogens is 1. The van der Waals surface area contributed by atoms with Crippen LogP contribution in [0.3, 0.4) is 0 Å². The van der Waals surface area contributed by atoms with Crippen molar-refractivity contribution >= 4 is 22.9 Å². The number of amidine groups is 1. The number of hydrogen-bond acceptors (Lipinski definition) is 5. The van der Waals surface area contributed by atoms with Crippen LogP contribution in [0.5, 0.6) is 0 Å². The zero-order valence-electron chi connectivity index (χ0n) is 14.6. The Morgan fingerprint density at radius 2 is 1.71 bits per heavy atom. The summed E-state index contributed by atoms with van der Waals surface area (Å²) in [6.45, 7) is 0. The van der Waals surface area contributed by atoms with E-state index in [1.165, 1.54) is 18.3 Å². The number of benzene rings is 2. The molecule has 0 aliphatic rings. The monoisotopic (exact) mass is 386 g/mol. The number of hydrazine groups is 1. The van der Waals surface area contributed by atoms with Gasteiger partial charge in [0.1, 0.15) is 0 Å². The van der Waals surface area contributed by atoms with E-state index in [1.807, 2.05) is 0 Å². The molecule has 0 amide bonds. The number of halogens is 3. The Bertz CT molecular complexity index is 955. The fraction of sp³-hybridized carbons (Fsp3) is 0.0526. The SMILES string of the molecule is N/C(=N\N(N)c1cccnc1)c1ccccc1Nc1ccc(C(F)(F)F)cc1. The topological polar surface area (TPSA) is 92.6 Å². The maximum Gasteiger partial charge on any atom is 0.416 e. The molecule has 0 fully saturated rings. The number of rotatable bonds is 5. The maximum absolute atomic E-state index is 12.7. The number of para-hydroxylation sites is 1. The van der Waals surface area contributed by atoms with Gasteiger partial charge in [0.2, 0.25) is 0 Å². The van der Waals surface area contributed by atoms with Crippen molar-refractivity contribution in [3.05, 3.63) is 84.2 Å². The van der Waals surface area contributed by atoms with Gasteiger partial charge in [-0.3, -0.25) is 4.98 Å². The van der Waals surface area contributed by atoms with Gasteiger partial charge in [-0.05, 0) is 48.5 Å². The van der Waals surface area contributed by atoms with Crippen molar-refractivity contribution in [1.82, 2.24) is 4.98 Å². The van der Waals surface area contributed by atoms with Crippen molar-refractivity contribution in [2.24, 2.45) is 16.7 Å². The molecule has 0 bridgehead atoms. The summed E-state index contributed by atoms with van der Waals surface area (Å²) in [5, 5.41) is 8.28. The third kappa shape index (κ3) is 4.57. The summed E-state index contributed by atoms with van der Waals surface area (Å²) in [6, 6.07) is 15.1. The summed E-state index contributed by atoms with van der Waals surface area (Å²) in [7, 11) is 0. The molecule has 3 aromatic rings. The Balaban J connectivity index is 1.84. The molecule has 0 aliphatic heterocycles. The summed E-state index contributed by atoms with van der Waals surface area (Å²) in [5.74, 6) is 6.02. The van der Waals surface area contributed by atoms with Crippen molar-refractivity contribution in [3.63, 3.8) is 0 Å². The molecule has 2 aromatic carbocycles. The van der Waals surface area contributed by atoms with Gasteiger partial charge in [-0.1, -0.05) is 12.1 Å². The van der Waals surface area contributed by atoms with E-state index in [0.717, 1.165) is 17.3 Å². The largest absolute Gasteiger partial charge is 0.416 e. The second-order valence-corrected chi connectivity index (χ2v) is 5.79. The van der Waals surface area contributed by atoms with Gasteiger partial charge in [0.05, 0.1) is 17.4 Å². The highest BCUT2D eigenvalue weighted by Crippen LogP contribution is 2.30. The van der Waals surface area contributed by atoms with E-state index in [-0.39, 0.29) is 5.84 Å². The van der Waals surface area contributed by atoms with E-state index in [9.17, 15) is 13.2 Å². The molecule has 0 atom stereocenters. The number of alkyl halides is 3. The Morgan fingerprint density at radius 1 is 1.00 bits per heavy atom. The Hall–Kier alpha value is -3.59. The Labute approximate surface area is 159 Å². The first kappa shape index (κ1) is 19.2. The van der Waals surface area contributed by atoms with E-state index in [4.69, 9.17) is 11.6 Å². The van der Waals surface area contributed by atoms with E-state index in [1.54, 1.807) is 42.6 Å². The highest BCUT2D eigenvalue weighted by atomic mass is 19.4. The summed E-state index contributed by atoms with van der Waals surface area (Å²) < 4.78 is 38.1. The van der Waals surface area contributed by atoms with Gasteiger partial charge in [0.25, 0.3) is 0 Å². The summed E-state index contributed by atoms with van der Waals surface area (Å²) in [4.78, 5) is 3.96. The first-order chi connectivity index (χ1) is 13.3. The number of anilines is 3. The van der Waals surface area contributed by atoms with Crippen molar-refractivity contribution in [1.29, 1.82) is 0 Å². The molecule has 0 saturated carbocycles. The predicted molar refractivity (Wildman–Crippen MR) is 103 cm³/mol. The molecule has 0 saturated heterocycles. The molecule has 0 unspecified atom stereocenters. The van der Waals surface area contributed by atoms with Gasteiger partial charge in [-0.25, -0.2) is 5.84 Å². The molecule has 144 valence electrons. The van der Waals surface area contributed by atoms with Crippen molar-refractivity contribution < 1.29 is 13.2 Å². The van der Waals surface area contributed by atoms with Gasteiger partial charge in [-0.2, -0.15) is 18.3 Å². The molecule has 9 heteroatoms. The van der Waals surface area contributed by atoms with Crippen LogP contribution in [-0.4, -0.2) is 10.8 Å². The Morgan fingerprint density at radius 3 is 2.36 bits per heavy atom. The zero-order chi connectivity index (χ0) is 20.1. The number of hydrogen-bond donors (Lipinski definition) is 3. The molecule has 0 radical (unpaired) electrons. The van der Waals surface area contributed by atoms with Crippen LogP contribution >= 0.6 is 0 Å². The molecule has 0 spiro atoms. The van der Waals surface area contributed by atoms with Crippen LogP contribution in [-0.2, 0) is 6.18 Å². The molecule has 6 nitrogen and oxygen atoms in total. The van der Waals surface area contributed by atoms with E-state index in [0.29, 0.717) is 22.6 Å². The van der Waals surface area contributed by atoms with Crippen LogP contribution in [0.2, 0.25) is 0 Å². The van der Waals surface area contributed by atoms with Crippen LogP contribution in [0.15, 0.2) is 78.2 Å². The van der Waals surface area contributed by atoms with Crippen LogP contribution in [0.25, 0.3) is 0 Å². The molecule has 1 aromatic heterocycles. The van der Waals surface area contributed by atoms with Crippen molar-refractivity contribution in [2.45, 2.75) is 6.18 Å². The van der Waals surface area contributed by atoms with Crippen LogP contribution in [0.4, 0.5) is 30.2 Å². The minimum atomic E-state index is -4.38. The van der Waals surface area contributed by atoms with E-state index in [2.05, 4.69) is 15.4 Å². The minimum Gasteiger partial charge on any atom is -0.382 e. The molecule has 3 rings (SSSR count). The highest BCUT2D eigenvalue weighted by Gasteiger charge is 2.29. The molecule has 1 heterocycles. The fourth-order valence-corrected chi connectivity index (χ4v) is 2.43. The van der Waals surface area contributed by atoms with Gasteiger partial charge in [-0.15, -0.1) is 5.10 Å². The van der Waals surface area contributed by atoms with Crippen molar-refractivity contribution in [3.8, 4) is 0 Å². The number of hydrazone groups is 1. The maximum atomic E-state index is 12.7. The summed E-state index contributed by atoms with van der Waals surface area (Å²) in [5.41, 5.74) is 7.50. The molecule has 0 aliphatic carbocycles. The molecular weight excluding hydrogens is 369 g/mol. The fourth-order valence-electron chi connectivity index (χ4n) is 2.43. The molecular formula is C19H17F3N6.